The molecular weight excluding hydrogens is 206 g/mol. The van der Waals surface area contributed by atoms with Crippen molar-refractivity contribution in [2.24, 2.45) is 0 Å². The van der Waals surface area contributed by atoms with Crippen molar-refractivity contribution in [3.8, 4) is 0 Å². The number of rotatable bonds is 9. The van der Waals surface area contributed by atoms with E-state index in [1.165, 1.54) is 18.6 Å². The van der Waals surface area contributed by atoms with Crippen molar-refractivity contribution >= 4 is 11.8 Å². The highest BCUT2D eigenvalue weighted by molar-refractivity contribution is 7.99. The lowest BCUT2D eigenvalue weighted by Gasteiger charge is -2.28. The Hall–Kier alpha value is 0.270. The van der Waals surface area contributed by atoms with Gasteiger partial charge in [-0.15, -0.1) is 0 Å². The third kappa shape index (κ3) is 8.12. The number of unbranched alkanes of at least 4 members (excludes halogenated alkanes) is 1. The summed E-state index contributed by atoms with van der Waals surface area (Å²) in [6, 6.07) is 0. The van der Waals surface area contributed by atoms with Gasteiger partial charge >= 0.3 is 0 Å². The van der Waals surface area contributed by atoms with Crippen LogP contribution in [0.1, 0.15) is 47.0 Å². The monoisotopic (exact) mass is 233 g/mol. The standard InChI is InChI=1S/C12H27NOS/c1-5-13-12(4,10-14)8-6-7-9-15-11(2)3/h11,13-14H,5-10H2,1-4H3. The number of aliphatic hydroxyl groups is 1. The van der Waals surface area contributed by atoms with Gasteiger partial charge in [-0.2, -0.15) is 11.8 Å². The number of likely N-dealkylation sites (N-methyl/N-ethyl adjacent to an activating group) is 1. The molecule has 0 spiro atoms. The van der Waals surface area contributed by atoms with Crippen molar-refractivity contribution in [2.75, 3.05) is 18.9 Å². The van der Waals surface area contributed by atoms with E-state index in [4.69, 9.17) is 0 Å². The van der Waals surface area contributed by atoms with Crippen molar-refractivity contribution in [1.29, 1.82) is 0 Å². The van der Waals surface area contributed by atoms with E-state index in [-0.39, 0.29) is 12.1 Å². The summed E-state index contributed by atoms with van der Waals surface area (Å²) in [7, 11) is 0. The molecule has 1 atom stereocenters. The average Bonchev–Trinajstić information content (AvgIpc) is 2.17. The summed E-state index contributed by atoms with van der Waals surface area (Å²) in [5.41, 5.74) is -0.0722. The molecule has 0 bridgehead atoms. The highest BCUT2D eigenvalue weighted by Gasteiger charge is 2.20. The SMILES string of the molecule is CCNC(C)(CO)CCCCSC(C)C. The van der Waals surface area contributed by atoms with Crippen molar-refractivity contribution in [3.63, 3.8) is 0 Å². The lowest BCUT2D eigenvalue weighted by Crippen LogP contribution is -2.45. The Morgan fingerprint density at radius 2 is 2.00 bits per heavy atom. The van der Waals surface area contributed by atoms with Crippen LogP contribution in [0.5, 0.6) is 0 Å². The fraction of sp³-hybridized carbons (Fsp3) is 1.00. The van der Waals surface area contributed by atoms with Crippen LogP contribution in [-0.2, 0) is 0 Å². The highest BCUT2D eigenvalue weighted by atomic mass is 32.2. The molecule has 0 aliphatic rings. The third-order valence-electron chi connectivity index (χ3n) is 2.53. The van der Waals surface area contributed by atoms with Gasteiger partial charge in [0.1, 0.15) is 0 Å². The van der Waals surface area contributed by atoms with Gasteiger partial charge in [0.2, 0.25) is 0 Å². The molecule has 0 aliphatic heterocycles. The Labute approximate surface area is 99.2 Å². The molecule has 0 radical (unpaired) electrons. The zero-order chi connectivity index (χ0) is 11.7. The normalized spacial score (nSPS) is 15.6. The van der Waals surface area contributed by atoms with E-state index in [1.54, 1.807) is 0 Å². The van der Waals surface area contributed by atoms with Crippen molar-refractivity contribution in [1.82, 2.24) is 5.32 Å². The molecule has 15 heavy (non-hydrogen) atoms. The molecule has 0 fully saturated rings. The lowest BCUT2D eigenvalue weighted by molar-refractivity contribution is 0.165. The topological polar surface area (TPSA) is 32.3 Å². The second kappa shape index (κ2) is 8.43. The molecule has 0 aromatic heterocycles. The summed E-state index contributed by atoms with van der Waals surface area (Å²) in [5.74, 6) is 1.24. The molecule has 0 saturated carbocycles. The van der Waals surface area contributed by atoms with Gasteiger partial charge in [0.25, 0.3) is 0 Å². The molecule has 2 nitrogen and oxygen atoms in total. The minimum atomic E-state index is -0.0722. The van der Waals surface area contributed by atoms with Crippen molar-refractivity contribution in [3.05, 3.63) is 0 Å². The summed E-state index contributed by atoms with van der Waals surface area (Å²) in [6.45, 7) is 9.83. The van der Waals surface area contributed by atoms with Gasteiger partial charge in [0, 0.05) is 5.54 Å². The molecule has 1 unspecified atom stereocenters. The van der Waals surface area contributed by atoms with Crippen molar-refractivity contribution in [2.45, 2.75) is 57.7 Å². The van der Waals surface area contributed by atoms with E-state index < -0.39 is 0 Å². The van der Waals surface area contributed by atoms with E-state index >= 15 is 0 Å². The van der Waals surface area contributed by atoms with Crippen LogP contribution in [0.4, 0.5) is 0 Å². The van der Waals surface area contributed by atoms with Gasteiger partial charge in [0.05, 0.1) is 6.61 Å². The van der Waals surface area contributed by atoms with Crippen LogP contribution in [0.3, 0.4) is 0 Å². The van der Waals surface area contributed by atoms with Crippen LogP contribution in [0.2, 0.25) is 0 Å². The van der Waals surface area contributed by atoms with Gasteiger partial charge in [-0.05, 0) is 37.3 Å². The number of hydrogen-bond donors (Lipinski definition) is 2. The first-order valence-corrected chi connectivity index (χ1v) is 7.06. The van der Waals surface area contributed by atoms with Gasteiger partial charge in [0.15, 0.2) is 0 Å². The second-order valence-corrected chi connectivity index (χ2v) is 6.31. The Balaban J connectivity index is 3.54. The summed E-state index contributed by atoms with van der Waals surface area (Å²) in [6.07, 6.45) is 3.52. The van der Waals surface area contributed by atoms with Gasteiger partial charge in [-0.25, -0.2) is 0 Å². The lowest BCUT2D eigenvalue weighted by atomic mass is 9.96. The molecule has 0 saturated heterocycles. The maximum Gasteiger partial charge on any atom is 0.0610 e. The number of aliphatic hydroxyl groups excluding tert-OH is 1. The predicted molar refractivity (Wildman–Crippen MR) is 70.6 cm³/mol. The summed E-state index contributed by atoms with van der Waals surface area (Å²) in [5, 5.41) is 13.4. The molecule has 0 aliphatic carbocycles. The molecule has 0 aromatic carbocycles. The minimum Gasteiger partial charge on any atom is -0.394 e. The van der Waals surface area contributed by atoms with E-state index in [2.05, 4.69) is 33.0 Å². The van der Waals surface area contributed by atoms with E-state index in [0.29, 0.717) is 0 Å². The summed E-state index contributed by atoms with van der Waals surface area (Å²) in [4.78, 5) is 0. The maximum atomic E-state index is 9.29. The van der Waals surface area contributed by atoms with Crippen LogP contribution in [0.25, 0.3) is 0 Å². The average molecular weight is 233 g/mol. The van der Waals surface area contributed by atoms with Crippen LogP contribution in [0.15, 0.2) is 0 Å². The molecule has 0 amide bonds. The quantitative estimate of drug-likeness (QED) is 0.601. The number of nitrogens with one attached hydrogen (secondary N) is 1. The Morgan fingerprint density at radius 1 is 1.33 bits per heavy atom. The molecule has 0 rings (SSSR count). The Bertz CT molecular complexity index is 153. The van der Waals surface area contributed by atoms with E-state index in [9.17, 15) is 5.11 Å². The number of thioether (sulfide) groups is 1. The first kappa shape index (κ1) is 15.3. The smallest absolute Gasteiger partial charge is 0.0610 e. The first-order valence-electron chi connectivity index (χ1n) is 6.01. The van der Waals surface area contributed by atoms with Crippen LogP contribution >= 0.6 is 11.8 Å². The third-order valence-corrected chi connectivity index (χ3v) is 3.72. The Kier molecular flexibility index (Phi) is 8.58. The molecule has 2 N–H and O–H groups in total. The molecule has 3 heteroatoms. The van der Waals surface area contributed by atoms with Crippen LogP contribution in [0, 0.1) is 0 Å². The zero-order valence-corrected chi connectivity index (χ0v) is 11.5. The highest BCUT2D eigenvalue weighted by Crippen LogP contribution is 2.16. The van der Waals surface area contributed by atoms with E-state index in [1.807, 2.05) is 11.8 Å². The summed E-state index contributed by atoms with van der Waals surface area (Å²) >= 11 is 2.02. The van der Waals surface area contributed by atoms with Gasteiger partial charge < -0.3 is 10.4 Å². The Morgan fingerprint density at radius 3 is 2.47 bits per heavy atom. The second-order valence-electron chi connectivity index (χ2n) is 4.63. The van der Waals surface area contributed by atoms with Crippen LogP contribution < -0.4 is 5.32 Å². The molecule has 0 heterocycles. The first-order chi connectivity index (χ1) is 7.04. The fourth-order valence-electron chi connectivity index (χ4n) is 1.59. The largest absolute Gasteiger partial charge is 0.394 e. The minimum absolute atomic E-state index is 0.0722. The fourth-order valence-corrected chi connectivity index (χ4v) is 2.43. The van der Waals surface area contributed by atoms with E-state index in [0.717, 1.165) is 18.2 Å². The summed E-state index contributed by atoms with van der Waals surface area (Å²) < 4.78 is 0. The van der Waals surface area contributed by atoms with Gasteiger partial charge in [-0.3, -0.25) is 0 Å². The zero-order valence-electron chi connectivity index (χ0n) is 10.7. The molecule has 92 valence electrons. The number of hydrogen-bond acceptors (Lipinski definition) is 3. The maximum absolute atomic E-state index is 9.29. The predicted octanol–water partition coefficient (Wildman–Crippen LogP) is 2.66. The van der Waals surface area contributed by atoms with Crippen LogP contribution in [-0.4, -0.2) is 34.8 Å². The molecule has 0 aromatic rings. The van der Waals surface area contributed by atoms with Gasteiger partial charge in [-0.1, -0.05) is 27.2 Å². The van der Waals surface area contributed by atoms with Crippen molar-refractivity contribution < 1.29 is 5.11 Å². The molecular formula is C12H27NOS.